The highest BCUT2D eigenvalue weighted by Crippen LogP contribution is 2.50. The van der Waals surface area contributed by atoms with Gasteiger partial charge in [-0.25, -0.2) is 4.58 Å². The normalized spacial score (nSPS) is 20.3. The zero-order chi connectivity index (χ0) is 44.6. The van der Waals surface area contributed by atoms with Crippen molar-refractivity contribution in [3.63, 3.8) is 0 Å². The van der Waals surface area contributed by atoms with Crippen LogP contribution in [0.25, 0.3) is 11.1 Å². The molecular formula is C48H68N6O6. The number of Topliss-reactive ketones (excluding diaryl/α,β-unsaturated/α-hetero) is 1. The molecule has 60 heavy (non-hydrogen) atoms. The number of carbonyl (C=O) groups excluding carboxylic acids is 5. The van der Waals surface area contributed by atoms with E-state index in [-0.39, 0.29) is 77.7 Å². The first kappa shape index (κ1) is 46.1. The van der Waals surface area contributed by atoms with Crippen LogP contribution in [-0.4, -0.2) is 60.1 Å². The van der Waals surface area contributed by atoms with Crippen molar-refractivity contribution < 1.29 is 29.1 Å². The summed E-state index contributed by atoms with van der Waals surface area (Å²) in [6.45, 7) is 26.1. The molecule has 3 aliphatic rings. The van der Waals surface area contributed by atoms with E-state index in [0.717, 1.165) is 47.9 Å². The summed E-state index contributed by atoms with van der Waals surface area (Å²) in [4.78, 5) is 68.1. The molecule has 326 valence electrons. The van der Waals surface area contributed by atoms with E-state index in [0.29, 0.717) is 34.6 Å². The predicted octanol–water partition coefficient (Wildman–Crippen LogP) is 4.92. The number of amides is 4. The lowest BCUT2D eigenvalue weighted by Crippen LogP contribution is -2.42. The molecule has 12 heteroatoms. The predicted molar refractivity (Wildman–Crippen MR) is 238 cm³/mol. The zero-order valence-corrected chi connectivity index (χ0v) is 38.0. The number of carbonyl (C=O) groups is 5. The minimum Gasteiger partial charge on any atom is -0.871 e. The number of fused-ring (bicyclic) bond motifs is 2. The Balaban J connectivity index is 1.63. The molecule has 1 aliphatic carbocycles. The van der Waals surface area contributed by atoms with Gasteiger partial charge in [0.1, 0.15) is 6.04 Å². The molecule has 2 aliphatic heterocycles. The quantitative estimate of drug-likeness (QED) is 0.164. The van der Waals surface area contributed by atoms with Crippen molar-refractivity contribution in [1.82, 2.24) is 9.89 Å². The number of hydrogen-bond donors (Lipinski definition) is 4. The second kappa shape index (κ2) is 17.9. The van der Waals surface area contributed by atoms with Crippen molar-refractivity contribution in [3.8, 4) is 0 Å². The molecule has 4 amide bonds. The second-order valence-electron chi connectivity index (χ2n) is 18.8. The lowest BCUT2D eigenvalue weighted by molar-refractivity contribution is -0.292. The average Bonchev–Trinajstić information content (AvgIpc) is 3.49. The van der Waals surface area contributed by atoms with Crippen molar-refractivity contribution in [3.05, 3.63) is 57.3 Å². The Bertz CT molecular complexity index is 2230. The summed E-state index contributed by atoms with van der Waals surface area (Å²) in [5, 5.41) is 24.8. The van der Waals surface area contributed by atoms with Gasteiger partial charge < -0.3 is 31.7 Å². The summed E-state index contributed by atoms with van der Waals surface area (Å²) in [7, 11) is 0. The number of ketones is 1. The summed E-state index contributed by atoms with van der Waals surface area (Å²) in [6.07, 6.45) is 3.82. The molecule has 5 N–H and O–H groups in total. The Morgan fingerprint density at radius 2 is 1.45 bits per heavy atom. The van der Waals surface area contributed by atoms with Crippen molar-refractivity contribution in [2.75, 3.05) is 22.1 Å². The summed E-state index contributed by atoms with van der Waals surface area (Å²) in [5.41, 5.74) is 8.24. The number of anilines is 3. The first-order chi connectivity index (χ1) is 28.1. The third-order valence-electron chi connectivity index (χ3n) is 13.6. The van der Waals surface area contributed by atoms with Crippen LogP contribution in [0.5, 0.6) is 0 Å². The zero-order valence-electron chi connectivity index (χ0n) is 38.0. The first-order valence-electron chi connectivity index (χ1n) is 22.0. The average molecular weight is 825 g/mol. The van der Waals surface area contributed by atoms with Crippen LogP contribution in [-0.2, 0) is 34.8 Å². The molecule has 2 aromatic carbocycles. The fourth-order valence-electron chi connectivity index (χ4n) is 9.33. The monoisotopic (exact) mass is 825 g/mol. The van der Waals surface area contributed by atoms with Gasteiger partial charge in [-0.2, -0.15) is 0 Å². The van der Waals surface area contributed by atoms with Crippen molar-refractivity contribution in [1.29, 1.82) is 0 Å². The topological polar surface area (TPSA) is 177 Å². The van der Waals surface area contributed by atoms with Crippen LogP contribution in [0.1, 0.15) is 151 Å². The van der Waals surface area contributed by atoms with E-state index in [1.165, 1.54) is 0 Å². The maximum atomic E-state index is 14.6. The largest absolute Gasteiger partial charge is 0.871 e. The van der Waals surface area contributed by atoms with Crippen molar-refractivity contribution in [2.24, 2.45) is 11.7 Å². The van der Waals surface area contributed by atoms with Crippen LogP contribution in [0, 0.1) is 5.92 Å². The van der Waals surface area contributed by atoms with Crippen LogP contribution < -0.4 is 46.8 Å². The number of hydrogen-bond acceptors (Lipinski definition) is 7. The second-order valence-corrected chi connectivity index (χ2v) is 18.8. The smallest absolute Gasteiger partial charge is 0.224 e. The van der Waals surface area contributed by atoms with E-state index in [1.54, 1.807) is 0 Å². The Labute approximate surface area is 356 Å². The molecule has 0 fully saturated rings. The number of primary amides is 1. The molecule has 0 radical (unpaired) electrons. The number of nitrogens with two attached hydrogens (primary N) is 1. The van der Waals surface area contributed by atoms with Gasteiger partial charge in [-0.15, -0.1) is 0 Å². The van der Waals surface area contributed by atoms with Gasteiger partial charge in [-0.3, -0.25) is 24.0 Å². The summed E-state index contributed by atoms with van der Waals surface area (Å²) in [6, 6.07) is 7.81. The molecule has 0 spiro atoms. The third kappa shape index (κ3) is 8.75. The Kier molecular flexibility index (Phi) is 13.8. The van der Waals surface area contributed by atoms with Gasteiger partial charge in [0.2, 0.25) is 29.0 Å². The molecule has 2 heterocycles. The molecule has 0 saturated heterocycles. The fraction of sp³-hybridized carbons (Fsp3) is 0.583. The number of nitrogens with one attached hydrogen (secondary N) is 3. The number of unbranched alkanes of at least 4 members (excludes halogenated alkanes) is 1. The lowest BCUT2D eigenvalue weighted by atomic mass is 9.76. The minimum absolute atomic E-state index is 0.000329. The summed E-state index contributed by atoms with van der Waals surface area (Å²) in [5.74, 6) is -2.29. The number of rotatable bonds is 17. The first-order valence-corrected chi connectivity index (χ1v) is 22.0. The van der Waals surface area contributed by atoms with Crippen LogP contribution in [0.4, 0.5) is 17.1 Å². The molecular weight excluding hydrogens is 757 g/mol. The SMILES string of the molecule is CCCCC(CC)CNC(=O)CCC(=O)Nc1cc2c(c/c1=C1\C(=O)C(c3cc4c(cc3NC(=O)CCC(N)=O)N(C(C)C)C(C)C4(C)C)=C1[O-])C(C)(C)C(C)[N+]=2C(C)C. The van der Waals surface area contributed by atoms with Gasteiger partial charge in [0.25, 0.3) is 0 Å². The molecule has 2 aromatic rings. The van der Waals surface area contributed by atoms with E-state index >= 15 is 0 Å². The summed E-state index contributed by atoms with van der Waals surface area (Å²) >= 11 is 0. The lowest BCUT2D eigenvalue weighted by Gasteiger charge is -2.34. The van der Waals surface area contributed by atoms with Gasteiger partial charge in [-0.05, 0) is 91.5 Å². The highest BCUT2D eigenvalue weighted by Gasteiger charge is 2.47. The van der Waals surface area contributed by atoms with Gasteiger partial charge in [-0.1, -0.05) is 52.7 Å². The Hall–Kier alpha value is -5.00. The van der Waals surface area contributed by atoms with E-state index in [4.69, 9.17) is 5.73 Å². The molecule has 3 atom stereocenters. The molecule has 0 bridgehead atoms. The van der Waals surface area contributed by atoms with Gasteiger partial charge in [0.15, 0.2) is 11.8 Å². The summed E-state index contributed by atoms with van der Waals surface area (Å²) < 4.78 is 2.29. The molecule has 3 unspecified atom stereocenters. The van der Waals surface area contributed by atoms with Gasteiger partial charge >= 0.3 is 0 Å². The van der Waals surface area contributed by atoms with Gasteiger partial charge in [0, 0.05) is 89.0 Å². The van der Waals surface area contributed by atoms with Crippen molar-refractivity contribution >= 4 is 57.6 Å². The number of nitrogens with zero attached hydrogens (tertiary/aromatic N) is 2. The Morgan fingerprint density at radius 3 is 2.02 bits per heavy atom. The van der Waals surface area contributed by atoms with E-state index < -0.39 is 29.3 Å². The third-order valence-corrected chi connectivity index (χ3v) is 13.6. The molecule has 0 saturated carbocycles. The van der Waals surface area contributed by atoms with Crippen molar-refractivity contribution in [2.45, 2.75) is 169 Å². The van der Waals surface area contributed by atoms with Gasteiger partial charge in [0.05, 0.1) is 16.8 Å². The maximum absolute atomic E-state index is 14.6. The standard InChI is InChI=1S/C48H68N6O6/c1-13-15-16-30(14-2)25-50-40(56)19-20-42(58)52-36-24-38-34(48(11,12)29(8)54(38)27(5)6)22-32(36)44-45(59)43(46(44)60)31-21-33-37(53(26(3)4)28(7)47(33,9)10)23-35(31)51-41(57)18-17-39(49)55/h21-24,26-30H,13-20,25H2,1-12H3,(H5,49,50,51,52,55,56,57,58,59,60). The number of allylic oxidation sites excluding steroid dienone is 2. The van der Waals surface area contributed by atoms with Crippen LogP contribution >= 0.6 is 0 Å². The van der Waals surface area contributed by atoms with E-state index in [9.17, 15) is 29.1 Å². The number of benzene rings is 2. The molecule has 5 rings (SSSR count). The van der Waals surface area contributed by atoms with E-state index in [1.807, 2.05) is 24.3 Å². The minimum atomic E-state index is -0.614. The van der Waals surface area contributed by atoms with E-state index in [2.05, 4.69) is 109 Å². The maximum Gasteiger partial charge on any atom is 0.224 e. The highest BCUT2D eigenvalue weighted by atomic mass is 16.3. The van der Waals surface area contributed by atoms with Crippen LogP contribution in [0.15, 0.2) is 30.0 Å². The molecule has 12 nitrogen and oxygen atoms in total. The van der Waals surface area contributed by atoms with Crippen LogP contribution in [0.2, 0.25) is 0 Å². The molecule has 0 aromatic heterocycles. The Morgan fingerprint density at radius 1 is 0.833 bits per heavy atom. The fourth-order valence-corrected chi connectivity index (χ4v) is 9.33. The highest BCUT2D eigenvalue weighted by molar-refractivity contribution is 6.52. The van der Waals surface area contributed by atoms with Crippen LogP contribution in [0.3, 0.4) is 0 Å².